The van der Waals surface area contributed by atoms with E-state index in [0.717, 1.165) is 29.8 Å². The normalized spacial score (nSPS) is 18.3. The third kappa shape index (κ3) is 2.17. The fourth-order valence-electron chi connectivity index (χ4n) is 3.79. The SMILES string of the molecule is O=C1c2ccccc2CN1c1cccc(-c2nnc3n2C(CO)CC3)n1. The van der Waals surface area contributed by atoms with E-state index in [9.17, 15) is 9.90 Å². The number of carbonyl (C=O) groups excluding carboxylic acids is 1. The maximum absolute atomic E-state index is 12.7. The number of hydrogen-bond acceptors (Lipinski definition) is 5. The number of rotatable bonds is 3. The van der Waals surface area contributed by atoms with Crippen LogP contribution in [-0.2, 0) is 13.0 Å². The Morgan fingerprint density at radius 1 is 1.12 bits per heavy atom. The van der Waals surface area contributed by atoms with Crippen molar-refractivity contribution in [3.05, 3.63) is 59.4 Å². The van der Waals surface area contributed by atoms with Crippen LogP contribution in [0.3, 0.4) is 0 Å². The Bertz CT molecular complexity index is 1010. The number of nitrogens with zero attached hydrogens (tertiary/aromatic N) is 5. The van der Waals surface area contributed by atoms with Gasteiger partial charge in [0.1, 0.15) is 17.3 Å². The van der Waals surface area contributed by atoms with E-state index in [0.29, 0.717) is 23.9 Å². The predicted molar refractivity (Wildman–Crippen MR) is 94.7 cm³/mol. The number of carbonyl (C=O) groups is 1. The second kappa shape index (κ2) is 5.74. The maximum atomic E-state index is 12.7. The molecule has 5 rings (SSSR count). The van der Waals surface area contributed by atoms with Crippen molar-refractivity contribution in [2.75, 3.05) is 11.5 Å². The number of aromatic nitrogens is 4. The van der Waals surface area contributed by atoms with Crippen LogP contribution >= 0.6 is 0 Å². The second-order valence-electron chi connectivity index (χ2n) is 6.61. The summed E-state index contributed by atoms with van der Waals surface area (Å²) in [5.74, 6) is 2.07. The summed E-state index contributed by atoms with van der Waals surface area (Å²) in [6, 6.07) is 13.2. The number of aryl methyl sites for hydroxylation is 1. The van der Waals surface area contributed by atoms with Crippen LogP contribution in [0.1, 0.15) is 34.2 Å². The van der Waals surface area contributed by atoms with Gasteiger partial charge in [0, 0.05) is 12.0 Å². The van der Waals surface area contributed by atoms with Crippen LogP contribution in [0.25, 0.3) is 11.5 Å². The van der Waals surface area contributed by atoms with Crippen molar-refractivity contribution in [2.24, 2.45) is 0 Å². The van der Waals surface area contributed by atoms with Crippen molar-refractivity contribution in [1.29, 1.82) is 0 Å². The fraction of sp³-hybridized carbons (Fsp3) is 0.263. The van der Waals surface area contributed by atoms with Crippen LogP contribution in [0.2, 0.25) is 0 Å². The molecule has 1 aromatic carbocycles. The lowest BCUT2D eigenvalue weighted by Crippen LogP contribution is -2.24. The zero-order valence-corrected chi connectivity index (χ0v) is 14.0. The largest absolute Gasteiger partial charge is 0.394 e. The number of fused-ring (bicyclic) bond motifs is 2. The smallest absolute Gasteiger partial charge is 0.260 e. The molecule has 0 fully saturated rings. The zero-order valence-electron chi connectivity index (χ0n) is 14.0. The van der Waals surface area contributed by atoms with E-state index in [1.54, 1.807) is 4.90 Å². The van der Waals surface area contributed by atoms with Crippen LogP contribution in [0.4, 0.5) is 5.82 Å². The first-order valence-corrected chi connectivity index (χ1v) is 8.68. The van der Waals surface area contributed by atoms with Crippen molar-refractivity contribution in [3.8, 4) is 11.5 Å². The number of amides is 1. The van der Waals surface area contributed by atoms with E-state index >= 15 is 0 Å². The molecule has 0 radical (unpaired) electrons. The van der Waals surface area contributed by atoms with Gasteiger partial charge in [0.15, 0.2) is 5.82 Å². The van der Waals surface area contributed by atoms with E-state index in [2.05, 4.69) is 15.2 Å². The van der Waals surface area contributed by atoms with Crippen LogP contribution in [0, 0.1) is 0 Å². The number of anilines is 1. The van der Waals surface area contributed by atoms with Gasteiger partial charge in [0.25, 0.3) is 5.91 Å². The van der Waals surface area contributed by atoms with Crippen LogP contribution in [-0.4, -0.2) is 37.4 Å². The van der Waals surface area contributed by atoms with Crippen molar-refractivity contribution in [1.82, 2.24) is 19.7 Å². The van der Waals surface area contributed by atoms with Gasteiger partial charge >= 0.3 is 0 Å². The maximum Gasteiger partial charge on any atom is 0.260 e. The summed E-state index contributed by atoms with van der Waals surface area (Å²) in [5, 5.41) is 18.1. The molecule has 0 saturated carbocycles. The van der Waals surface area contributed by atoms with E-state index in [1.165, 1.54) is 0 Å². The highest BCUT2D eigenvalue weighted by Crippen LogP contribution is 2.32. The molecule has 2 aliphatic heterocycles. The summed E-state index contributed by atoms with van der Waals surface area (Å²) in [6.07, 6.45) is 1.66. The monoisotopic (exact) mass is 347 g/mol. The van der Waals surface area contributed by atoms with Crippen molar-refractivity contribution in [2.45, 2.75) is 25.4 Å². The topological polar surface area (TPSA) is 84.1 Å². The molecule has 1 atom stereocenters. The Hall–Kier alpha value is -3.06. The predicted octanol–water partition coefficient (Wildman–Crippen LogP) is 1.98. The highest BCUT2D eigenvalue weighted by molar-refractivity contribution is 6.09. The van der Waals surface area contributed by atoms with Gasteiger partial charge < -0.3 is 9.67 Å². The molecule has 1 amide bonds. The molecule has 130 valence electrons. The molecular weight excluding hydrogens is 330 g/mol. The lowest BCUT2D eigenvalue weighted by Gasteiger charge is -2.16. The van der Waals surface area contributed by atoms with Gasteiger partial charge in [0.05, 0.1) is 19.2 Å². The van der Waals surface area contributed by atoms with Gasteiger partial charge in [-0.1, -0.05) is 24.3 Å². The van der Waals surface area contributed by atoms with Gasteiger partial charge in [-0.05, 0) is 30.2 Å². The van der Waals surface area contributed by atoms with Crippen LogP contribution < -0.4 is 4.90 Å². The number of pyridine rings is 1. The first-order valence-electron chi connectivity index (χ1n) is 8.68. The van der Waals surface area contributed by atoms with Crippen LogP contribution in [0.15, 0.2) is 42.5 Å². The average molecular weight is 347 g/mol. The highest BCUT2D eigenvalue weighted by atomic mass is 16.3. The van der Waals surface area contributed by atoms with Gasteiger partial charge in [-0.3, -0.25) is 9.69 Å². The first-order chi connectivity index (χ1) is 12.8. The van der Waals surface area contributed by atoms with Crippen molar-refractivity contribution >= 4 is 11.7 Å². The van der Waals surface area contributed by atoms with E-state index in [1.807, 2.05) is 47.0 Å². The molecule has 7 nitrogen and oxygen atoms in total. The molecule has 2 aromatic heterocycles. The standard InChI is InChI=1S/C19H17N5O2/c25-11-13-8-9-17-21-22-18(24(13)17)15-6-3-7-16(20-15)23-10-12-4-1-2-5-14(12)19(23)26/h1-7,13,25H,8-11H2. The summed E-state index contributed by atoms with van der Waals surface area (Å²) < 4.78 is 1.96. The Balaban J connectivity index is 1.53. The lowest BCUT2D eigenvalue weighted by molar-refractivity contribution is 0.0996. The summed E-state index contributed by atoms with van der Waals surface area (Å²) in [5.41, 5.74) is 2.39. The minimum atomic E-state index is -0.0371. The molecule has 3 aromatic rings. The lowest BCUT2D eigenvalue weighted by atomic mass is 10.1. The minimum Gasteiger partial charge on any atom is -0.394 e. The number of benzene rings is 1. The molecule has 26 heavy (non-hydrogen) atoms. The molecule has 2 aliphatic rings. The molecular formula is C19H17N5O2. The fourth-order valence-corrected chi connectivity index (χ4v) is 3.79. The second-order valence-corrected chi connectivity index (χ2v) is 6.61. The molecule has 7 heteroatoms. The number of hydrogen-bond donors (Lipinski definition) is 1. The molecule has 0 aliphatic carbocycles. The Morgan fingerprint density at radius 2 is 2.00 bits per heavy atom. The van der Waals surface area contributed by atoms with Gasteiger partial charge in [0.2, 0.25) is 0 Å². The molecule has 4 heterocycles. The zero-order chi connectivity index (χ0) is 17.7. The third-order valence-electron chi connectivity index (χ3n) is 5.10. The first kappa shape index (κ1) is 15.2. The quantitative estimate of drug-likeness (QED) is 0.783. The van der Waals surface area contributed by atoms with E-state index < -0.39 is 0 Å². The third-order valence-corrected chi connectivity index (χ3v) is 5.10. The average Bonchev–Trinajstić information content (AvgIpc) is 3.36. The minimum absolute atomic E-state index is 0.0156. The van der Waals surface area contributed by atoms with E-state index in [-0.39, 0.29) is 18.6 Å². The summed E-state index contributed by atoms with van der Waals surface area (Å²) in [4.78, 5) is 19.1. The Labute approximate surface area is 149 Å². The number of aliphatic hydroxyl groups is 1. The summed E-state index contributed by atoms with van der Waals surface area (Å²) in [6.45, 7) is 0.570. The van der Waals surface area contributed by atoms with Crippen LogP contribution in [0.5, 0.6) is 0 Å². The van der Waals surface area contributed by atoms with Crippen molar-refractivity contribution in [3.63, 3.8) is 0 Å². The van der Waals surface area contributed by atoms with Gasteiger partial charge in [-0.15, -0.1) is 10.2 Å². The number of aliphatic hydroxyl groups excluding tert-OH is 1. The molecule has 0 spiro atoms. The molecule has 1 N–H and O–H groups in total. The van der Waals surface area contributed by atoms with Gasteiger partial charge in [-0.2, -0.15) is 0 Å². The molecule has 1 unspecified atom stereocenters. The Morgan fingerprint density at radius 3 is 2.85 bits per heavy atom. The molecule has 0 saturated heterocycles. The Kier molecular flexibility index (Phi) is 3.36. The summed E-state index contributed by atoms with van der Waals surface area (Å²) >= 11 is 0. The molecule has 0 bridgehead atoms. The highest BCUT2D eigenvalue weighted by Gasteiger charge is 2.30. The van der Waals surface area contributed by atoms with Gasteiger partial charge in [-0.25, -0.2) is 4.98 Å². The van der Waals surface area contributed by atoms with E-state index in [4.69, 9.17) is 0 Å². The summed E-state index contributed by atoms with van der Waals surface area (Å²) in [7, 11) is 0. The van der Waals surface area contributed by atoms with Crippen molar-refractivity contribution < 1.29 is 9.90 Å².